The highest BCUT2D eigenvalue weighted by molar-refractivity contribution is 6.25. The van der Waals surface area contributed by atoms with Gasteiger partial charge in [0.05, 0.1) is 47.5 Å². The fourth-order valence-corrected chi connectivity index (χ4v) is 10.2. The lowest BCUT2D eigenvalue weighted by molar-refractivity contribution is 0.279. The van der Waals surface area contributed by atoms with Gasteiger partial charge in [-0.2, -0.15) is 0 Å². The minimum Gasteiger partial charge on any atom is -0.388 e. The summed E-state index contributed by atoms with van der Waals surface area (Å²) < 4.78 is 15.5. The van der Waals surface area contributed by atoms with Crippen LogP contribution in [0.25, 0.3) is 16.6 Å². The summed E-state index contributed by atoms with van der Waals surface area (Å²) in [4.78, 5) is 9.85. The van der Waals surface area contributed by atoms with Crippen molar-refractivity contribution in [2.75, 3.05) is 33.2 Å². The van der Waals surface area contributed by atoms with Crippen LogP contribution in [-0.4, -0.2) is 59.4 Å². The Hall–Kier alpha value is -5.51. The molecule has 0 fully saturated rings. The number of hydrogen-bond donors (Lipinski definition) is 5. The van der Waals surface area contributed by atoms with E-state index in [0.717, 1.165) is 164 Å². The number of pyridine rings is 1. The third-order valence-corrected chi connectivity index (χ3v) is 14.4. The zero-order valence-corrected chi connectivity index (χ0v) is 39.7. The van der Waals surface area contributed by atoms with Crippen LogP contribution in [-0.2, 0) is 19.4 Å². The number of aromatic nitrogens is 1. The lowest BCUT2D eigenvalue weighted by Crippen LogP contribution is -2.39. The largest absolute Gasteiger partial charge is 0.388 e. The van der Waals surface area contributed by atoms with Crippen LogP contribution < -0.4 is 27.0 Å². The smallest absolute Gasteiger partial charge is 0.128 e. The zero-order valence-electron chi connectivity index (χ0n) is 38.9. The monoisotopic (exact) mass is 897 g/mol. The summed E-state index contributed by atoms with van der Waals surface area (Å²) in [6, 6.07) is 12.1. The molecule has 3 aromatic rings. The van der Waals surface area contributed by atoms with Gasteiger partial charge in [-0.1, -0.05) is 88.4 Å². The molecular formula is C55H70ClFN8. The molecule has 0 bridgehead atoms. The molecule has 0 saturated carbocycles. The summed E-state index contributed by atoms with van der Waals surface area (Å²) in [5, 5.41) is 15.0. The van der Waals surface area contributed by atoms with Gasteiger partial charge in [0.1, 0.15) is 5.82 Å². The van der Waals surface area contributed by atoms with Crippen molar-refractivity contribution in [3.05, 3.63) is 179 Å². The van der Waals surface area contributed by atoms with Gasteiger partial charge in [-0.25, -0.2) is 9.37 Å². The van der Waals surface area contributed by atoms with Crippen molar-refractivity contribution in [3.63, 3.8) is 0 Å². The summed E-state index contributed by atoms with van der Waals surface area (Å²) in [6.45, 7) is 36.1. The number of nitrogens with one attached hydrogen (secondary N) is 4. The molecule has 3 heterocycles. The van der Waals surface area contributed by atoms with E-state index in [9.17, 15) is 0 Å². The fourth-order valence-electron chi connectivity index (χ4n) is 9.90. The average molecular weight is 898 g/mol. The molecule has 6 N–H and O–H groups in total. The van der Waals surface area contributed by atoms with Crippen molar-refractivity contribution in [3.8, 4) is 0 Å². The normalized spacial score (nSPS) is 17.7. The topological polar surface area (TPSA) is 93.5 Å². The predicted octanol–water partition coefficient (Wildman–Crippen LogP) is 10.8. The number of allylic oxidation sites excluding steroid dienone is 6. The highest BCUT2D eigenvalue weighted by Gasteiger charge is 2.41. The Balaban J connectivity index is 0.946. The number of rotatable bonds is 24. The first-order valence-corrected chi connectivity index (χ1v) is 23.9. The Morgan fingerprint density at radius 2 is 1.69 bits per heavy atom. The molecule has 2 aliphatic heterocycles. The van der Waals surface area contributed by atoms with Crippen LogP contribution in [0.15, 0.2) is 139 Å². The van der Waals surface area contributed by atoms with Crippen molar-refractivity contribution in [2.24, 2.45) is 5.73 Å². The first kappa shape index (κ1) is 47.5. The number of nitrogens with two attached hydrogens (primary N) is 1. The Labute approximate surface area is 392 Å². The maximum absolute atomic E-state index is 15.5. The highest BCUT2D eigenvalue weighted by atomic mass is 35.5. The van der Waals surface area contributed by atoms with E-state index in [1.807, 2.05) is 13.0 Å². The maximum atomic E-state index is 15.5. The van der Waals surface area contributed by atoms with Crippen molar-refractivity contribution in [1.82, 2.24) is 36.1 Å². The molecule has 3 atom stereocenters. The molecule has 0 amide bonds. The first-order chi connectivity index (χ1) is 31.3. The molecule has 8 nitrogen and oxygen atoms in total. The van der Waals surface area contributed by atoms with E-state index < -0.39 is 0 Å². The molecule has 4 aliphatic rings. The lowest BCUT2D eigenvalue weighted by atomic mass is 9.81. The van der Waals surface area contributed by atoms with Gasteiger partial charge in [0.25, 0.3) is 0 Å². The minimum absolute atomic E-state index is 0.0502. The molecule has 3 unspecified atom stereocenters. The van der Waals surface area contributed by atoms with Gasteiger partial charge in [-0.15, -0.1) is 11.6 Å². The molecular weight excluding hydrogens is 827 g/mol. The van der Waals surface area contributed by atoms with Crippen LogP contribution >= 0.6 is 11.6 Å². The van der Waals surface area contributed by atoms with Crippen LogP contribution in [0.1, 0.15) is 104 Å². The van der Waals surface area contributed by atoms with Gasteiger partial charge in [0.15, 0.2) is 0 Å². The lowest BCUT2D eigenvalue weighted by Gasteiger charge is -2.37. The number of unbranched alkanes of at least 4 members (excludes halogenated alkanes) is 2. The molecule has 2 aromatic carbocycles. The molecule has 10 heteroatoms. The Bertz CT molecular complexity index is 2450. The summed E-state index contributed by atoms with van der Waals surface area (Å²) in [6.07, 6.45) is 13.0. The van der Waals surface area contributed by atoms with Gasteiger partial charge in [0, 0.05) is 77.8 Å². The number of fused-ring (bicyclic) bond motifs is 4. The minimum atomic E-state index is -0.262. The first-order valence-electron chi connectivity index (χ1n) is 23.5. The second-order valence-corrected chi connectivity index (χ2v) is 18.8. The van der Waals surface area contributed by atoms with Gasteiger partial charge < -0.3 is 36.8 Å². The van der Waals surface area contributed by atoms with Crippen molar-refractivity contribution < 1.29 is 4.39 Å². The fraction of sp³-hybridized carbons (Fsp3) is 0.400. The summed E-state index contributed by atoms with van der Waals surface area (Å²) in [5.74, 6) is -0.205. The third-order valence-electron chi connectivity index (χ3n) is 13.8. The summed E-state index contributed by atoms with van der Waals surface area (Å²) in [7, 11) is 2.16. The quantitative estimate of drug-likeness (QED) is 0.0345. The molecule has 65 heavy (non-hydrogen) atoms. The molecule has 0 spiro atoms. The van der Waals surface area contributed by atoms with Gasteiger partial charge in [-0.3, -0.25) is 0 Å². The van der Waals surface area contributed by atoms with Crippen molar-refractivity contribution >= 4 is 28.2 Å². The Kier molecular flexibility index (Phi) is 15.5. The van der Waals surface area contributed by atoms with Gasteiger partial charge in [0.2, 0.25) is 0 Å². The number of benzene rings is 2. The number of halogens is 2. The average Bonchev–Trinajstić information content (AvgIpc) is 3.67. The van der Waals surface area contributed by atoms with E-state index in [2.05, 4.69) is 115 Å². The number of hydrogen-bond acceptors (Lipinski definition) is 8. The second kappa shape index (κ2) is 21.2. The SMILES string of the molecule is C=C(CCCCCN)NCCC(=C)NC(Cc1ccccc1)C(=C)NCC(=C)NCCCC(=C)N(C)C1CCc2c(C)c(F)cc3nc4c(c1c23)CN1C(=C)C2=C(C=C41)C(Cl)C(=C)CC2. The van der Waals surface area contributed by atoms with Gasteiger partial charge >= 0.3 is 0 Å². The van der Waals surface area contributed by atoms with E-state index in [4.69, 9.17) is 22.3 Å². The van der Waals surface area contributed by atoms with Crippen molar-refractivity contribution in [2.45, 2.75) is 108 Å². The van der Waals surface area contributed by atoms with Crippen LogP contribution in [0, 0.1) is 12.7 Å². The van der Waals surface area contributed by atoms with Crippen LogP contribution in [0.4, 0.5) is 4.39 Å². The van der Waals surface area contributed by atoms with E-state index >= 15 is 4.39 Å². The molecule has 1 aromatic heterocycles. The molecule has 344 valence electrons. The van der Waals surface area contributed by atoms with E-state index in [1.54, 1.807) is 6.07 Å². The number of aryl methyl sites for hydroxylation is 1. The second-order valence-electron chi connectivity index (χ2n) is 18.3. The Morgan fingerprint density at radius 3 is 2.46 bits per heavy atom. The van der Waals surface area contributed by atoms with E-state index in [-0.39, 0.29) is 23.3 Å². The van der Waals surface area contributed by atoms with E-state index in [0.29, 0.717) is 24.2 Å². The van der Waals surface area contributed by atoms with Gasteiger partial charge in [-0.05, 0) is 117 Å². The Morgan fingerprint density at radius 1 is 0.923 bits per heavy atom. The van der Waals surface area contributed by atoms with Crippen molar-refractivity contribution in [1.29, 1.82) is 0 Å². The third kappa shape index (κ3) is 10.6. The van der Waals surface area contributed by atoms with Crippen LogP contribution in [0.5, 0.6) is 0 Å². The summed E-state index contributed by atoms with van der Waals surface area (Å²) >= 11 is 6.95. The number of nitrogens with zero attached hydrogens (tertiary/aromatic N) is 3. The molecule has 0 radical (unpaired) electrons. The zero-order chi connectivity index (χ0) is 46.4. The van der Waals surface area contributed by atoms with E-state index in [1.165, 1.54) is 22.3 Å². The highest BCUT2D eigenvalue weighted by Crippen LogP contribution is 2.52. The maximum Gasteiger partial charge on any atom is 0.128 e. The van der Waals surface area contributed by atoms with Crippen LogP contribution in [0.3, 0.4) is 0 Å². The molecule has 7 rings (SSSR count). The predicted molar refractivity (Wildman–Crippen MR) is 271 cm³/mol. The molecule has 0 saturated heterocycles. The summed E-state index contributed by atoms with van der Waals surface area (Å²) in [5.41, 5.74) is 22.8. The van der Waals surface area contributed by atoms with Crippen LogP contribution in [0.2, 0.25) is 0 Å². The molecule has 2 aliphatic carbocycles. The standard InChI is InChI=1S/C55H70ClFN8/c1-34-21-22-44-41(8)65-33-46-53-50(24-23-43-39(6)47(57)31-49(52(43)53)63-55(46)51(65)30-45(44)54(34)56)64(9)38(5)18-16-27-59-37(4)32-61-40(7)48(29-42-19-13-10-14-20-42)62-36(3)25-28-60-35(2)17-12-11-15-26-58/h10,13-14,19-20,30-31,48,50,54,59-62H,1-5,7-8,11-12,15-18,21-29,32-33,58H2,6,9H3. The number of alkyl halides is 1.